The molecule has 0 aromatic heterocycles. The fourth-order valence-electron chi connectivity index (χ4n) is 1.75. The number of hydrogen-bond acceptors (Lipinski definition) is 2. The highest BCUT2D eigenvalue weighted by Gasteiger charge is 2.15. The summed E-state index contributed by atoms with van der Waals surface area (Å²) in [6.07, 6.45) is 4.04. The van der Waals surface area contributed by atoms with Crippen molar-refractivity contribution < 1.29 is 9.84 Å². The molecular formula is C13H15ClO2. The monoisotopic (exact) mass is 238 g/mol. The van der Waals surface area contributed by atoms with Gasteiger partial charge in [-0.05, 0) is 36.6 Å². The van der Waals surface area contributed by atoms with Crippen LogP contribution in [0.2, 0.25) is 5.02 Å². The summed E-state index contributed by atoms with van der Waals surface area (Å²) < 4.78 is 5.42. The van der Waals surface area contributed by atoms with E-state index in [9.17, 15) is 5.11 Å². The predicted molar refractivity (Wildman–Crippen MR) is 64.4 cm³/mol. The first kappa shape index (κ1) is 11.5. The average Bonchev–Trinajstić information content (AvgIpc) is 2.33. The molecule has 0 saturated heterocycles. The van der Waals surface area contributed by atoms with Gasteiger partial charge in [0.1, 0.15) is 11.9 Å². The molecule has 0 spiro atoms. The highest BCUT2D eigenvalue weighted by atomic mass is 35.5. The smallest absolute Gasteiger partial charge is 0.121 e. The second kappa shape index (κ2) is 5.37. The van der Waals surface area contributed by atoms with Crippen LogP contribution in [-0.2, 0) is 11.2 Å². The minimum Gasteiger partial charge on any atom is -0.495 e. The third-order valence-corrected chi connectivity index (χ3v) is 2.89. The molecule has 1 aromatic carbocycles. The van der Waals surface area contributed by atoms with Crippen LogP contribution < -0.4 is 0 Å². The first-order valence-corrected chi connectivity index (χ1v) is 5.89. The van der Waals surface area contributed by atoms with Crippen molar-refractivity contribution in [3.05, 3.63) is 46.7 Å². The van der Waals surface area contributed by atoms with E-state index in [-0.39, 0.29) is 0 Å². The van der Waals surface area contributed by atoms with Crippen LogP contribution in [0.3, 0.4) is 0 Å². The molecule has 16 heavy (non-hydrogen) atoms. The molecule has 2 nitrogen and oxygen atoms in total. The van der Waals surface area contributed by atoms with Gasteiger partial charge in [-0.3, -0.25) is 0 Å². The average molecular weight is 239 g/mol. The Kier molecular flexibility index (Phi) is 3.86. The molecule has 0 radical (unpaired) electrons. The van der Waals surface area contributed by atoms with Crippen molar-refractivity contribution in [2.45, 2.75) is 25.4 Å². The van der Waals surface area contributed by atoms with E-state index in [1.54, 1.807) is 0 Å². The summed E-state index contributed by atoms with van der Waals surface area (Å²) >= 11 is 5.80. The Labute approximate surface area is 101 Å². The maximum Gasteiger partial charge on any atom is 0.121 e. The zero-order chi connectivity index (χ0) is 11.4. The quantitative estimate of drug-likeness (QED) is 0.878. The number of aliphatic hydroxyl groups excluding tert-OH is 1. The van der Waals surface area contributed by atoms with E-state index < -0.39 is 6.10 Å². The maximum absolute atomic E-state index is 9.97. The molecule has 1 unspecified atom stereocenters. The number of ether oxygens (including phenoxy) is 1. The second-order valence-corrected chi connectivity index (χ2v) is 4.38. The zero-order valence-electron chi connectivity index (χ0n) is 9.03. The number of aliphatic hydroxyl groups is 1. The highest BCUT2D eigenvalue weighted by molar-refractivity contribution is 6.30. The third kappa shape index (κ3) is 3.00. The maximum atomic E-state index is 9.97. The van der Waals surface area contributed by atoms with Crippen LogP contribution >= 0.6 is 11.6 Å². The first-order valence-electron chi connectivity index (χ1n) is 5.51. The van der Waals surface area contributed by atoms with Crippen molar-refractivity contribution in [2.24, 2.45) is 0 Å². The van der Waals surface area contributed by atoms with Gasteiger partial charge in [0.25, 0.3) is 0 Å². The Hall–Kier alpha value is -0.990. The van der Waals surface area contributed by atoms with Crippen molar-refractivity contribution in [2.75, 3.05) is 6.61 Å². The molecule has 1 atom stereocenters. The van der Waals surface area contributed by atoms with Crippen LogP contribution in [0.15, 0.2) is 36.1 Å². The van der Waals surface area contributed by atoms with Gasteiger partial charge in [0.15, 0.2) is 0 Å². The number of rotatable bonds is 3. The van der Waals surface area contributed by atoms with Crippen molar-refractivity contribution in [3.63, 3.8) is 0 Å². The van der Waals surface area contributed by atoms with E-state index in [1.807, 2.05) is 30.3 Å². The van der Waals surface area contributed by atoms with Gasteiger partial charge in [0.05, 0.1) is 6.61 Å². The summed E-state index contributed by atoms with van der Waals surface area (Å²) in [7, 11) is 0. The van der Waals surface area contributed by atoms with Gasteiger partial charge in [-0.25, -0.2) is 0 Å². The molecule has 0 amide bonds. The Morgan fingerprint density at radius 2 is 2.06 bits per heavy atom. The third-order valence-electron chi connectivity index (χ3n) is 2.63. The molecule has 0 fully saturated rings. The number of benzene rings is 1. The molecule has 0 aliphatic carbocycles. The lowest BCUT2D eigenvalue weighted by atomic mass is 10.1. The lowest BCUT2D eigenvalue weighted by molar-refractivity contribution is 0.0918. The van der Waals surface area contributed by atoms with Gasteiger partial charge in [0, 0.05) is 11.4 Å². The largest absolute Gasteiger partial charge is 0.495 e. The molecule has 1 N–H and O–H groups in total. The molecule has 3 heteroatoms. The lowest BCUT2D eigenvalue weighted by Gasteiger charge is -2.19. The lowest BCUT2D eigenvalue weighted by Crippen LogP contribution is -2.18. The normalized spacial score (nSPS) is 17.5. The summed E-state index contributed by atoms with van der Waals surface area (Å²) in [5.74, 6) is 0.709. The van der Waals surface area contributed by atoms with Crippen LogP contribution in [0.1, 0.15) is 18.4 Å². The number of hydrogen-bond donors (Lipinski definition) is 1. The van der Waals surface area contributed by atoms with Crippen LogP contribution in [-0.4, -0.2) is 17.8 Å². The second-order valence-electron chi connectivity index (χ2n) is 3.94. The van der Waals surface area contributed by atoms with E-state index >= 15 is 0 Å². The topological polar surface area (TPSA) is 29.5 Å². The van der Waals surface area contributed by atoms with Crippen LogP contribution in [0.4, 0.5) is 0 Å². The van der Waals surface area contributed by atoms with Gasteiger partial charge in [-0.1, -0.05) is 23.7 Å². The predicted octanol–water partition coefficient (Wildman–Crippen LogP) is 2.94. The van der Waals surface area contributed by atoms with Gasteiger partial charge in [-0.2, -0.15) is 0 Å². The van der Waals surface area contributed by atoms with Gasteiger partial charge in [0.2, 0.25) is 0 Å². The SMILES string of the molecule is OC(Cc1ccc(Cl)cc1)C1=CCCCO1. The fourth-order valence-corrected chi connectivity index (χ4v) is 1.88. The Bertz CT molecular complexity index is 370. The zero-order valence-corrected chi connectivity index (χ0v) is 9.78. The summed E-state index contributed by atoms with van der Waals surface area (Å²) in [5, 5.41) is 10.7. The molecule has 0 bridgehead atoms. The van der Waals surface area contributed by atoms with Crippen molar-refractivity contribution in [1.82, 2.24) is 0 Å². The molecule has 1 aliphatic rings. The number of allylic oxidation sites excluding steroid dienone is 1. The number of halogens is 1. The fraction of sp³-hybridized carbons (Fsp3) is 0.385. The van der Waals surface area contributed by atoms with E-state index in [0.29, 0.717) is 23.8 Å². The highest BCUT2D eigenvalue weighted by Crippen LogP contribution is 2.18. The molecule has 1 aliphatic heterocycles. The molecule has 1 heterocycles. The van der Waals surface area contributed by atoms with E-state index in [2.05, 4.69) is 0 Å². The van der Waals surface area contributed by atoms with Crippen molar-refractivity contribution >= 4 is 11.6 Å². The Balaban J connectivity index is 1.98. The standard InChI is InChI=1S/C13H15ClO2/c14-11-6-4-10(5-7-11)9-12(15)13-3-1-2-8-16-13/h3-7,12,15H,1-2,8-9H2. The minimum absolute atomic E-state index is 0.540. The van der Waals surface area contributed by atoms with Crippen molar-refractivity contribution in [1.29, 1.82) is 0 Å². The molecule has 1 aromatic rings. The molecule has 0 saturated carbocycles. The Morgan fingerprint density at radius 1 is 1.31 bits per heavy atom. The molecule has 2 rings (SSSR count). The summed E-state index contributed by atoms with van der Waals surface area (Å²) in [5.41, 5.74) is 1.06. The summed E-state index contributed by atoms with van der Waals surface area (Å²) in [4.78, 5) is 0. The first-order chi connectivity index (χ1) is 7.75. The summed E-state index contributed by atoms with van der Waals surface area (Å²) in [6.45, 7) is 0.712. The van der Waals surface area contributed by atoms with Crippen LogP contribution in [0.5, 0.6) is 0 Å². The van der Waals surface area contributed by atoms with E-state index in [4.69, 9.17) is 16.3 Å². The Morgan fingerprint density at radius 3 is 2.69 bits per heavy atom. The summed E-state index contributed by atoms with van der Waals surface area (Å²) in [6, 6.07) is 7.52. The van der Waals surface area contributed by atoms with E-state index in [0.717, 1.165) is 18.4 Å². The van der Waals surface area contributed by atoms with Gasteiger partial charge >= 0.3 is 0 Å². The molecule has 86 valence electrons. The minimum atomic E-state index is -0.540. The van der Waals surface area contributed by atoms with E-state index in [1.165, 1.54) is 0 Å². The van der Waals surface area contributed by atoms with Gasteiger partial charge < -0.3 is 9.84 Å². The molecular weight excluding hydrogens is 224 g/mol. The van der Waals surface area contributed by atoms with Crippen LogP contribution in [0.25, 0.3) is 0 Å². The van der Waals surface area contributed by atoms with Crippen molar-refractivity contribution in [3.8, 4) is 0 Å². The van der Waals surface area contributed by atoms with Crippen LogP contribution in [0, 0.1) is 0 Å². The van der Waals surface area contributed by atoms with Gasteiger partial charge in [-0.15, -0.1) is 0 Å².